The molecular weight excluding hydrogens is 870 g/mol. The lowest BCUT2D eigenvalue weighted by Gasteiger charge is -2.32. The third kappa shape index (κ3) is 9.96. The highest BCUT2D eigenvalue weighted by molar-refractivity contribution is 7.91. The number of nitrogens with zero attached hydrogens (tertiary/aromatic N) is 2. The van der Waals surface area contributed by atoms with Gasteiger partial charge in [-0.05, 0) is 132 Å². The van der Waals surface area contributed by atoms with Crippen LogP contribution in [0.15, 0.2) is 54.6 Å². The molecule has 7 unspecified atom stereocenters. The van der Waals surface area contributed by atoms with E-state index in [2.05, 4.69) is 22.3 Å². The van der Waals surface area contributed by atoms with Gasteiger partial charge in [0.1, 0.15) is 29.5 Å². The third-order valence-electron chi connectivity index (χ3n) is 14.0. The average molecular weight is 932 g/mol. The normalized spacial score (nSPS) is 27.9. The molecule has 0 spiro atoms. The quantitative estimate of drug-likeness (QED) is 0.159. The molecule has 15 nitrogen and oxygen atoms in total. The molecule has 1 saturated heterocycles. The Morgan fingerprint density at radius 1 is 1.03 bits per heavy atom. The highest BCUT2D eigenvalue weighted by atomic mass is 32.2. The zero-order valence-electron chi connectivity index (χ0n) is 38.8. The molecule has 2 aromatic carbocycles. The molecule has 4 fully saturated rings. The van der Waals surface area contributed by atoms with Crippen LogP contribution in [-0.2, 0) is 29.1 Å². The topological polar surface area (TPSA) is 192 Å². The monoisotopic (exact) mass is 931 g/mol. The Balaban J connectivity index is 1.15. The number of hydrogen-bond acceptors (Lipinski definition) is 11. The summed E-state index contributed by atoms with van der Waals surface area (Å²) in [6.45, 7) is 11.3. The van der Waals surface area contributed by atoms with E-state index < -0.39 is 74.0 Å². The van der Waals surface area contributed by atoms with E-state index in [-0.39, 0.29) is 61.0 Å². The van der Waals surface area contributed by atoms with Gasteiger partial charge in [0, 0.05) is 28.7 Å². The number of carbonyl (C=O) groups excluding carboxylic acids is 4. The number of alkyl carbamates (subject to hydrolysis) is 1. The van der Waals surface area contributed by atoms with Crippen molar-refractivity contribution in [1.82, 2.24) is 25.2 Å². The molecule has 66 heavy (non-hydrogen) atoms. The van der Waals surface area contributed by atoms with Crippen molar-refractivity contribution in [3.8, 4) is 28.6 Å². The number of halogens is 1. The number of aromatic nitrogens is 1. The Morgan fingerprint density at radius 2 is 1.79 bits per heavy atom. The van der Waals surface area contributed by atoms with Gasteiger partial charge in [0.05, 0.1) is 36.8 Å². The van der Waals surface area contributed by atoms with Gasteiger partial charge < -0.3 is 34.5 Å². The maximum Gasteiger partial charge on any atom is 0.407 e. The van der Waals surface area contributed by atoms with Crippen molar-refractivity contribution in [2.45, 2.75) is 134 Å². The maximum absolute atomic E-state index is 15.4. The van der Waals surface area contributed by atoms with Crippen LogP contribution in [0.25, 0.3) is 22.0 Å². The zero-order chi connectivity index (χ0) is 47.3. The second kappa shape index (κ2) is 18.0. The van der Waals surface area contributed by atoms with E-state index >= 15 is 9.18 Å². The minimum absolute atomic E-state index is 0.0497. The van der Waals surface area contributed by atoms with E-state index in [4.69, 9.17) is 23.9 Å². The lowest BCUT2D eigenvalue weighted by atomic mass is 9.88. The standard InChI is InChI=1S/C49H62FN5O10S/c1-28(2)64-40-15-12-31(22-37(40)50)38-23-32-21-34(62-7)13-14-36(32)43(51-38)65-35-24-39-42(56)53-49(45(58)54-66(60,61)48(6)18-19-48)25-33(49)11-9-8-10-29(3)20-30(4)41(44(57)55(39)26-35)52-46(59)63-27-47(5)16-17-47/h9,11-15,21-23,28-30,33,35,39,41H,8,10,16-20,24-27H2,1-7H3,(H,52,59)(H,53,56)(H,54,58). The summed E-state index contributed by atoms with van der Waals surface area (Å²) in [6, 6.07) is 9.37. The number of fused-ring (bicyclic) bond motifs is 3. The second-order valence-corrected chi connectivity index (χ2v) is 22.4. The van der Waals surface area contributed by atoms with Gasteiger partial charge in [0.15, 0.2) is 11.6 Å². The highest BCUT2D eigenvalue weighted by Gasteiger charge is 2.63. The molecule has 0 bridgehead atoms. The number of amides is 4. The number of sulfonamides is 1. The van der Waals surface area contributed by atoms with Crippen molar-refractivity contribution in [2.24, 2.45) is 23.2 Å². The third-order valence-corrected chi connectivity index (χ3v) is 16.2. The summed E-state index contributed by atoms with van der Waals surface area (Å²) in [5.74, 6) is -2.56. The fourth-order valence-electron chi connectivity index (χ4n) is 9.10. The van der Waals surface area contributed by atoms with Crippen molar-refractivity contribution in [2.75, 3.05) is 20.3 Å². The van der Waals surface area contributed by atoms with E-state index in [1.165, 1.54) is 17.0 Å². The van der Waals surface area contributed by atoms with E-state index in [9.17, 15) is 22.8 Å². The number of rotatable bonds is 12. The highest BCUT2D eigenvalue weighted by Crippen LogP contribution is 2.48. The number of hydrogen-bond donors (Lipinski definition) is 3. The van der Waals surface area contributed by atoms with Crippen molar-refractivity contribution < 1.29 is 50.9 Å². The van der Waals surface area contributed by atoms with Gasteiger partial charge in [-0.2, -0.15) is 0 Å². The lowest BCUT2D eigenvalue weighted by molar-refractivity contribution is -0.142. The zero-order valence-corrected chi connectivity index (χ0v) is 39.6. The van der Waals surface area contributed by atoms with E-state index in [0.717, 1.165) is 19.3 Å². The summed E-state index contributed by atoms with van der Waals surface area (Å²) < 4.78 is 66.8. The van der Waals surface area contributed by atoms with Crippen molar-refractivity contribution in [1.29, 1.82) is 0 Å². The summed E-state index contributed by atoms with van der Waals surface area (Å²) in [5, 5.41) is 7.03. The summed E-state index contributed by atoms with van der Waals surface area (Å²) >= 11 is 0. The van der Waals surface area contributed by atoms with E-state index in [0.29, 0.717) is 53.5 Å². The maximum atomic E-state index is 15.4. The SMILES string of the molecule is COc1ccc2c(OC3CC4C(=O)NC5(C(=O)NS(=O)(=O)C6(C)CC6)CC5C=CCCC(C)CC(C)C(NC(=O)OCC5(C)CC5)C(=O)N4C3)nc(-c3ccc(OC(C)C)c(F)c3)cc2c1. The predicted molar refractivity (Wildman–Crippen MR) is 245 cm³/mol. The minimum atomic E-state index is -4.05. The molecule has 7 atom stereocenters. The number of nitrogens with one attached hydrogen (secondary N) is 3. The summed E-state index contributed by atoms with van der Waals surface area (Å²) in [6.07, 6.45) is 6.74. The second-order valence-electron chi connectivity index (χ2n) is 20.2. The Morgan fingerprint density at radius 3 is 2.47 bits per heavy atom. The largest absolute Gasteiger partial charge is 0.497 e. The Bertz CT molecular complexity index is 2540. The van der Waals surface area contributed by atoms with Crippen molar-refractivity contribution in [3.05, 3.63) is 60.4 Å². The van der Waals surface area contributed by atoms with Crippen LogP contribution in [0.1, 0.15) is 99.3 Å². The van der Waals surface area contributed by atoms with Crippen LogP contribution in [-0.4, -0.2) is 97.0 Å². The van der Waals surface area contributed by atoms with Gasteiger partial charge in [0.2, 0.25) is 27.7 Å². The van der Waals surface area contributed by atoms with Crippen LogP contribution in [0.3, 0.4) is 0 Å². The number of pyridine rings is 1. The van der Waals surface area contributed by atoms with Crippen LogP contribution in [0, 0.1) is 29.0 Å². The number of ether oxygens (including phenoxy) is 4. The van der Waals surface area contributed by atoms with Gasteiger partial charge in [-0.15, -0.1) is 0 Å². The molecule has 3 aromatic rings. The predicted octanol–water partition coefficient (Wildman–Crippen LogP) is 6.97. The van der Waals surface area contributed by atoms with Gasteiger partial charge in [-0.25, -0.2) is 22.6 Å². The fourth-order valence-corrected chi connectivity index (χ4v) is 10.4. The molecule has 3 aliphatic carbocycles. The molecule has 17 heteroatoms. The van der Waals surface area contributed by atoms with E-state index in [1.807, 2.05) is 26.0 Å². The van der Waals surface area contributed by atoms with Crippen molar-refractivity contribution in [3.63, 3.8) is 0 Å². The van der Waals surface area contributed by atoms with Gasteiger partial charge in [-0.3, -0.25) is 19.1 Å². The van der Waals surface area contributed by atoms with Crippen molar-refractivity contribution >= 4 is 44.6 Å². The molecule has 356 valence electrons. The molecule has 2 aliphatic heterocycles. The Labute approximate surface area is 386 Å². The van der Waals surface area contributed by atoms with E-state index in [1.54, 1.807) is 58.2 Å². The first kappa shape index (κ1) is 47.1. The number of allylic oxidation sites excluding steroid dienone is 1. The summed E-state index contributed by atoms with van der Waals surface area (Å²) in [5.41, 5.74) is -0.863. The lowest BCUT2D eigenvalue weighted by Crippen LogP contribution is -2.59. The van der Waals surface area contributed by atoms with Crippen LogP contribution in [0.2, 0.25) is 0 Å². The Hall–Kier alpha value is -5.45. The first-order valence-corrected chi connectivity index (χ1v) is 24.6. The average Bonchev–Trinajstić information content (AvgIpc) is 4.23. The van der Waals surface area contributed by atoms with Crippen LogP contribution in [0.4, 0.5) is 9.18 Å². The smallest absolute Gasteiger partial charge is 0.407 e. The summed E-state index contributed by atoms with van der Waals surface area (Å²) in [4.78, 5) is 63.7. The molecule has 0 radical (unpaired) electrons. The first-order chi connectivity index (χ1) is 31.2. The molecule has 8 rings (SSSR count). The molecule has 3 saturated carbocycles. The molecule has 3 N–H and O–H groups in total. The van der Waals surface area contributed by atoms with Crippen LogP contribution >= 0.6 is 0 Å². The fraction of sp³-hybridized carbons (Fsp3) is 0.571. The molecule has 3 heterocycles. The Kier molecular flexibility index (Phi) is 12.8. The number of carbonyl (C=O) groups is 4. The van der Waals surface area contributed by atoms with Gasteiger partial charge >= 0.3 is 6.09 Å². The molecule has 5 aliphatic rings. The van der Waals surface area contributed by atoms with Gasteiger partial charge in [0.25, 0.3) is 5.91 Å². The van der Waals surface area contributed by atoms with Crippen LogP contribution < -0.4 is 29.6 Å². The van der Waals surface area contributed by atoms with Crippen LogP contribution in [0.5, 0.6) is 17.4 Å². The summed E-state index contributed by atoms with van der Waals surface area (Å²) in [7, 11) is -2.51. The minimum Gasteiger partial charge on any atom is -0.497 e. The first-order valence-electron chi connectivity index (χ1n) is 23.1. The molecule has 1 aromatic heterocycles. The number of benzene rings is 2. The number of methoxy groups -OCH3 is 1. The molecular formula is C49H62FN5O10S. The van der Waals surface area contributed by atoms with Gasteiger partial charge in [-0.1, -0.05) is 32.9 Å². The molecule has 4 amide bonds.